The summed E-state index contributed by atoms with van der Waals surface area (Å²) >= 11 is 0. The molecule has 1 aromatic carbocycles. The minimum atomic E-state index is -1.33. The molecular weight excluding hydrogens is 362 g/mol. The third-order valence-electron chi connectivity index (χ3n) is 5.56. The number of likely N-dealkylation sites (tertiary alicyclic amines) is 1. The molecule has 2 N–H and O–H groups in total. The quantitative estimate of drug-likeness (QED) is 0.771. The zero-order valence-corrected chi connectivity index (χ0v) is 15.9. The fourth-order valence-electron chi connectivity index (χ4n) is 3.94. The van der Waals surface area contributed by atoms with Crippen molar-refractivity contribution in [2.45, 2.75) is 45.3 Å². The van der Waals surface area contributed by atoms with E-state index in [1.165, 1.54) is 15.8 Å². The van der Waals surface area contributed by atoms with Crippen LogP contribution in [0.25, 0.3) is 10.9 Å². The Labute approximate surface area is 162 Å². The molecule has 0 saturated carbocycles. The maximum absolute atomic E-state index is 12.7. The van der Waals surface area contributed by atoms with Crippen molar-refractivity contribution in [1.29, 1.82) is 0 Å². The van der Waals surface area contributed by atoms with Crippen LogP contribution in [0.4, 0.5) is 0 Å². The molecule has 1 saturated heterocycles. The summed E-state index contributed by atoms with van der Waals surface area (Å²) in [6.07, 6.45) is 1.66. The standard InChI is InChI=1S/C20H25N3O5/c1-2-9-20(19(27)28)12-22(10-7-16(20)24)17(25)8-11-23-13-21-15-6-4-3-5-14(15)18(23)26/h3-6,13,16,24H,2,7-12H2,1H3,(H,27,28)/t16-,20+/m1/s1. The summed E-state index contributed by atoms with van der Waals surface area (Å²) < 4.78 is 1.40. The third kappa shape index (κ3) is 3.64. The summed E-state index contributed by atoms with van der Waals surface area (Å²) in [6.45, 7) is 2.32. The van der Waals surface area contributed by atoms with Gasteiger partial charge in [-0.15, -0.1) is 0 Å². The molecule has 0 bridgehead atoms. The Morgan fingerprint density at radius 1 is 1.32 bits per heavy atom. The van der Waals surface area contributed by atoms with Crippen molar-refractivity contribution in [2.24, 2.45) is 5.41 Å². The first-order valence-corrected chi connectivity index (χ1v) is 9.52. The number of aromatic nitrogens is 2. The van der Waals surface area contributed by atoms with Crippen LogP contribution in [-0.4, -0.2) is 55.7 Å². The van der Waals surface area contributed by atoms with E-state index >= 15 is 0 Å². The first-order valence-electron chi connectivity index (χ1n) is 9.52. The van der Waals surface area contributed by atoms with E-state index in [0.717, 1.165) is 0 Å². The monoisotopic (exact) mass is 387 g/mol. The number of hydrogen-bond donors (Lipinski definition) is 2. The van der Waals surface area contributed by atoms with Crippen LogP contribution in [0.3, 0.4) is 0 Å². The number of carboxylic acid groups (broad SMARTS) is 1. The highest BCUT2D eigenvalue weighted by Crippen LogP contribution is 2.35. The molecule has 1 fully saturated rings. The Morgan fingerprint density at radius 2 is 2.07 bits per heavy atom. The van der Waals surface area contributed by atoms with Gasteiger partial charge in [0, 0.05) is 26.1 Å². The van der Waals surface area contributed by atoms with Crippen LogP contribution in [0.1, 0.15) is 32.6 Å². The van der Waals surface area contributed by atoms with Crippen LogP contribution >= 0.6 is 0 Å². The number of nitrogens with zero attached hydrogens (tertiary/aromatic N) is 3. The summed E-state index contributed by atoms with van der Waals surface area (Å²) in [7, 11) is 0. The summed E-state index contributed by atoms with van der Waals surface area (Å²) in [4.78, 5) is 42.8. The fraction of sp³-hybridized carbons (Fsp3) is 0.500. The van der Waals surface area contributed by atoms with Crippen LogP contribution in [0.15, 0.2) is 35.4 Å². The SMILES string of the molecule is CCC[C@]1(C(=O)O)CN(C(=O)CCn2cnc3ccccc3c2=O)CC[C@H]1O. The highest BCUT2D eigenvalue weighted by Gasteiger charge is 2.49. The predicted octanol–water partition coefficient (Wildman–Crippen LogP) is 1.25. The summed E-state index contributed by atoms with van der Waals surface area (Å²) in [6, 6.07) is 7.02. The fourth-order valence-corrected chi connectivity index (χ4v) is 3.94. The molecule has 28 heavy (non-hydrogen) atoms. The second-order valence-electron chi connectivity index (χ2n) is 7.34. The molecule has 2 atom stereocenters. The second kappa shape index (κ2) is 8.10. The van der Waals surface area contributed by atoms with E-state index in [-0.39, 0.29) is 37.4 Å². The smallest absolute Gasteiger partial charge is 0.314 e. The van der Waals surface area contributed by atoms with E-state index in [1.807, 2.05) is 6.92 Å². The first-order chi connectivity index (χ1) is 13.4. The molecule has 8 heteroatoms. The molecule has 3 rings (SSSR count). The molecule has 2 aromatic rings. The number of carbonyl (C=O) groups excluding carboxylic acids is 1. The van der Waals surface area contributed by atoms with E-state index in [1.54, 1.807) is 24.3 Å². The van der Waals surface area contributed by atoms with E-state index in [0.29, 0.717) is 30.3 Å². The average molecular weight is 387 g/mol. The van der Waals surface area contributed by atoms with Crippen molar-refractivity contribution in [3.05, 3.63) is 40.9 Å². The molecule has 8 nitrogen and oxygen atoms in total. The lowest BCUT2D eigenvalue weighted by molar-refractivity contribution is -0.167. The van der Waals surface area contributed by atoms with Crippen LogP contribution in [0, 0.1) is 5.41 Å². The molecule has 0 unspecified atom stereocenters. The number of piperidine rings is 1. The highest BCUT2D eigenvalue weighted by atomic mass is 16.4. The number of aliphatic carboxylic acids is 1. The van der Waals surface area contributed by atoms with E-state index in [2.05, 4.69) is 4.98 Å². The van der Waals surface area contributed by atoms with Gasteiger partial charge in [0.25, 0.3) is 5.56 Å². The Balaban J connectivity index is 1.72. The first kappa shape index (κ1) is 20.0. The predicted molar refractivity (Wildman–Crippen MR) is 103 cm³/mol. The van der Waals surface area contributed by atoms with Gasteiger partial charge in [-0.2, -0.15) is 0 Å². The van der Waals surface area contributed by atoms with Gasteiger partial charge in [0.2, 0.25) is 5.91 Å². The van der Waals surface area contributed by atoms with Gasteiger partial charge < -0.3 is 15.1 Å². The molecular formula is C20H25N3O5. The molecule has 0 spiro atoms. The van der Waals surface area contributed by atoms with E-state index in [4.69, 9.17) is 0 Å². The maximum atomic E-state index is 12.7. The largest absolute Gasteiger partial charge is 0.481 e. The number of aliphatic hydroxyl groups is 1. The number of aliphatic hydroxyl groups excluding tert-OH is 1. The zero-order chi connectivity index (χ0) is 20.3. The van der Waals surface area contributed by atoms with Crippen molar-refractivity contribution < 1.29 is 19.8 Å². The minimum Gasteiger partial charge on any atom is -0.481 e. The maximum Gasteiger partial charge on any atom is 0.314 e. The number of benzene rings is 1. The van der Waals surface area contributed by atoms with Crippen molar-refractivity contribution in [2.75, 3.05) is 13.1 Å². The van der Waals surface area contributed by atoms with Gasteiger partial charge in [-0.25, -0.2) is 4.98 Å². The Hall–Kier alpha value is -2.74. The molecule has 1 amide bonds. The number of aryl methyl sites for hydroxylation is 1. The van der Waals surface area contributed by atoms with Gasteiger partial charge in [-0.05, 0) is 25.0 Å². The lowest BCUT2D eigenvalue weighted by atomic mass is 9.74. The van der Waals surface area contributed by atoms with E-state index < -0.39 is 17.5 Å². The van der Waals surface area contributed by atoms with Gasteiger partial charge in [-0.1, -0.05) is 25.5 Å². The number of carboxylic acids is 1. The number of hydrogen-bond acceptors (Lipinski definition) is 5. The van der Waals surface area contributed by atoms with Crippen LogP contribution in [0.2, 0.25) is 0 Å². The topological polar surface area (TPSA) is 113 Å². The summed E-state index contributed by atoms with van der Waals surface area (Å²) in [5.41, 5.74) is -0.937. The number of para-hydroxylation sites is 1. The zero-order valence-electron chi connectivity index (χ0n) is 15.9. The lowest BCUT2D eigenvalue weighted by Gasteiger charge is -2.43. The normalized spacial score (nSPS) is 22.4. The molecule has 0 aliphatic carbocycles. The van der Waals surface area contributed by atoms with Crippen molar-refractivity contribution in [3.8, 4) is 0 Å². The van der Waals surface area contributed by atoms with Crippen molar-refractivity contribution in [3.63, 3.8) is 0 Å². The van der Waals surface area contributed by atoms with Crippen LogP contribution in [-0.2, 0) is 16.1 Å². The van der Waals surface area contributed by atoms with Gasteiger partial charge in [0.15, 0.2) is 0 Å². The molecule has 1 aliphatic rings. The van der Waals surface area contributed by atoms with Crippen molar-refractivity contribution >= 4 is 22.8 Å². The van der Waals surface area contributed by atoms with Crippen LogP contribution < -0.4 is 5.56 Å². The molecule has 2 heterocycles. The van der Waals surface area contributed by atoms with E-state index in [9.17, 15) is 24.6 Å². The number of carbonyl (C=O) groups is 2. The minimum absolute atomic E-state index is 0.0129. The van der Waals surface area contributed by atoms with Gasteiger partial charge in [0.05, 0.1) is 23.3 Å². The highest BCUT2D eigenvalue weighted by molar-refractivity contribution is 5.80. The average Bonchev–Trinajstić information content (AvgIpc) is 2.69. The Kier molecular flexibility index (Phi) is 5.79. The Morgan fingerprint density at radius 3 is 2.79 bits per heavy atom. The summed E-state index contributed by atoms with van der Waals surface area (Å²) in [5.74, 6) is -1.30. The number of amides is 1. The van der Waals surface area contributed by atoms with Gasteiger partial charge in [0.1, 0.15) is 5.41 Å². The molecule has 1 aromatic heterocycles. The number of rotatable bonds is 6. The summed E-state index contributed by atoms with van der Waals surface area (Å²) in [5, 5.41) is 20.5. The second-order valence-corrected chi connectivity index (χ2v) is 7.34. The van der Waals surface area contributed by atoms with Crippen molar-refractivity contribution in [1.82, 2.24) is 14.5 Å². The van der Waals surface area contributed by atoms with Gasteiger partial charge >= 0.3 is 5.97 Å². The molecule has 1 aliphatic heterocycles. The Bertz CT molecular complexity index is 941. The van der Waals surface area contributed by atoms with Crippen LogP contribution in [0.5, 0.6) is 0 Å². The lowest BCUT2D eigenvalue weighted by Crippen LogP contribution is -2.57. The third-order valence-corrected chi connectivity index (χ3v) is 5.56. The molecule has 150 valence electrons. The molecule has 0 radical (unpaired) electrons. The number of fused-ring (bicyclic) bond motifs is 1. The van der Waals surface area contributed by atoms with Gasteiger partial charge in [-0.3, -0.25) is 19.0 Å².